The van der Waals surface area contributed by atoms with E-state index in [2.05, 4.69) is 10.6 Å². The number of hydrogen-bond donors (Lipinski definition) is 3. The van der Waals surface area contributed by atoms with Crippen molar-refractivity contribution >= 4 is 23.2 Å². The third-order valence-electron chi connectivity index (χ3n) is 6.14. The number of carbonyl (C=O) groups excluding carboxylic acids is 2. The largest absolute Gasteiger partial charge is 0.496 e. The van der Waals surface area contributed by atoms with Gasteiger partial charge in [-0.25, -0.2) is 0 Å². The van der Waals surface area contributed by atoms with Crippen molar-refractivity contribution in [3.05, 3.63) is 82.4 Å². The Labute approximate surface area is 210 Å². The maximum absolute atomic E-state index is 13.2. The number of hydrogen-bond acceptors (Lipinski definition) is 6. The molecule has 8 heteroatoms. The molecule has 1 heterocycles. The van der Waals surface area contributed by atoms with Crippen molar-refractivity contribution in [2.45, 2.75) is 33.5 Å². The molecule has 1 aliphatic rings. The van der Waals surface area contributed by atoms with E-state index >= 15 is 0 Å². The van der Waals surface area contributed by atoms with E-state index in [1.807, 2.05) is 62.4 Å². The number of aryl methyl sites for hydroxylation is 2. The van der Waals surface area contributed by atoms with E-state index < -0.39 is 6.17 Å². The van der Waals surface area contributed by atoms with Gasteiger partial charge in [0, 0.05) is 30.4 Å². The molecule has 0 radical (unpaired) electrons. The summed E-state index contributed by atoms with van der Waals surface area (Å²) in [6.07, 6.45) is -0.454. The molecule has 188 valence electrons. The first-order valence-corrected chi connectivity index (χ1v) is 11.8. The molecule has 8 nitrogen and oxygen atoms in total. The summed E-state index contributed by atoms with van der Waals surface area (Å²) in [6, 6.07) is 16.8. The lowest BCUT2D eigenvalue weighted by atomic mass is 10.0. The average Bonchev–Trinajstić information content (AvgIpc) is 2.84. The van der Waals surface area contributed by atoms with E-state index in [-0.39, 0.29) is 31.6 Å². The van der Waals surface area contributed by atoms with Crippen LogP contribution in [-0.2, 0) is 11.4 Å². The second kappa shape index (κ2) is 10.7. The highest BCUT2D eigenvalue weighted by molar-refractivity contribution is 6.01. The van der Waals surface area contributed by atoms with E-state index in [0.29, 0.717) is 11.3 Å². The predicted octanol–water partition coefficient (Wildman–Crippen LogP) is 4.41. The molecule has 36 heavy (non-hydrogen) atoms. The van der Waals surface area contributed by atoms with Gasteiger partial charge in [0.2, 0.25) is 5.91 Å². The maximum Gasteiger partial charge on any atom is 0.257 e. The molecule has 1 unspecified atom stereocenters. The molecular formula is C28H31N3O5. The Kier molecular flexibility index (Phi) is 7.45. The molecule has 3 aromatic carbocycles. The fraction of sp³-hybridized carbons (Fsp3) is 0.286. The van der Waals surface area contributed by atoms with Gasteiger partial charge in [-0.15, -0.1) is 0 Å². The Hall–Kier alpha value is -4.04. The zero-order valence-electron chi connectivity index (χ0n) is 20.9. The standard InChI is InChI=1S/C28H31N3O5/c1-17-13-22(29-19(3)33)14-18(2)26(17)36-16-21-15-20(9-10-25(21)35-4)27-30-24-8-6-5-7-23(24)28(34)31(27)11-12-32/h5-10,13-15,27,30,32H,11-12,16H2,1-4H3,(H,29,33). The number of aliphatic hydroxyl groups is 1. The summed E-state index contributed by atoms with van der Waals surface area (Å²) in [4.78, 5) is 26.2. The minimum absolute atomic E-state index is 0.128. The van der Waals surface area contributed by atoms with Crippen molar-refractivity contribution in [1.29, 1.82) is 0 Å². The number of fused-ring (bicyclic) bond motifs is 1. The first-order valence-electron chi connectivity index (χ1n) is 11.8. The van der Waals surface area contributed by atoms with E-state index in [4.69, 9.17) is 9.47 Å². The molecule has 1 aliphatic heterocycles. The van der Waals surface area contributed by atoms with Gasteiger partial charge in [0.15, 0.2) is 0 Å². The second-order valence-electron chi connectivity index (χ2n) is 8.79. The average molecular weight is 490 g/mol. The molecule has 4 rings (SSSR count). The van der Waals surface area contributed by atoms with Gasteiger partial charge < -0.3 is 30.1 Å². The van der Waals surface area contributed by atoms with Crippen molar-refractivity contribution in [3.8, 4) is 11.5 Å². The first-order chi connectivity index (χ1) is 17.3. The van der Waals surface area contributed by atoms with Gasteiger partial charge in [-0.1, -0.05) is 18.2 Å². The molecule has 0 aliphatic carbocycles. The Balaban J connectivity index is 1.63. The topological polar surface area (TPSA) is 100 Å². The summed E-state index contributed by atoms with van der Waals surface area (Å²) in [7, 11) is 1.61. The van der Waals surface area contributed by atoms with Crippen LogP contribution in [0.4, 0.5) is 11.4 Å². The molecule has 3 N–H and O–H groups in total. The number of anilines is 2. The zero-order chi connectivity index (χ0) is 25.8. The van der Waals surface area contributed by atoms with Gasteiger partial charge >= 0.3 is 0 Å². The Morgan fingerprint density at radius 2 is 1.83 bits per heavy atom. The van der Waals surface area contributed by atoms with Gasteiger partial charge in [0.1, 0.15) is 24.3 Å². The second-order valence-corrected chi connectivity index (χ2v) is 8.79. The first kappa shape index (κ1) is 25.1. The van der Waals surface area contributed by atoms with Crippen LogP contribution in [-0.4, -0.2) is 42.1 Å². The summed E-state index contributed by atoms with van der Waals surface area (Å²) >= 11 is 0. The lowest BCUT2D eigenvalue weighted by Crippen LogP contribution is -2.44. The number of aliphatic hydroxyl groups excluding tert-OH is 1. The van der Waals surface area contributed by atoms with Crippen LogP contribution in [0.2, 0.25) is 0 Å². The van der Waals surface area contributed by atoms with E-state index in [0.717, 1.165) is 39.4 Å². The van der Waals surface area contributed by atoms with Gasteiger partial charge in [0.25, 0.3) is 5.91 Å². The molecule has 2 amide bonds. The van der Waals surface area contributed by atoms with Crippen LogP contribution >= 0.6 is 0 Å². The van der Waals surface area contributed by atoms with Crippen molar-refractivity contribution in [2.24, 2.45) is 0 Å². The van der Waals surface area contributed by atoms with Crippen LogP contribution < -0.4 is 20.1 Å². The number of nitrogens with zero attached hydrogens (tertiary/aromatic N) is 1. The third kappa shape index (κ3) is 5.13. The molecular weight excluding hydrogens is 458 g/mol. The minimum Gasteiger partial charge on any atom is -0.496 e. The fourth-order valence-corrected chi connectivity index (χ4v) is 4.58. The summed E-state index contributed by atoms with van der Waals surface area (Å²) < 4.78 is 11.8. The van der Waals surface area contributed by atoms with Crippen molar-refractivity contribution in [1.82, 2.24) is 4.90 Å². The fourth-order valence-electron chi connectivity index (χ4n) is 4.58. The highest BCUT2D eigenvalue weighted by Crippen LogP contribution is 2.35. The van der Waals surface area contributed by atoms with Gasteiger partial charge in [-0.2, -0.15) is 0 Å². The number of para-hydroxylation sites is 1. The van der Waals surface area contributed by atoms with Gasteiger partial charge in [0.05, 0.1) is 19.3 Å². The highest BCUT2D eigenvalue weighted by atomic mass is 16.5. The van der Waals surface area contributed by atoms with Crippen LogP contribution in [0.1, 0.15) is 45.7 Å². The van der Waals surface area contributed by atoms with Crippen LogP contribution in [0, 0.1) is 13.8 Å². The molecule has 0 fully saturated rings. The van der Waals surface area contributed by atoms with Crippen LogP contribution in [0.25, 0.3) is 0 Å². The summed E-state index contributed by atoms with van der Waals surface area (Å²) in [5.41, 5.74) is 5.52. The number of β-amino-alcohol motifs (C(OH)–C–C–N with tert-alkyl or cyclic N) is 1. The van der Waals surface area contributed by atoms with Crippen LogP contribution in [0.3, 0.4) is 0 Å². The molecule has 3 aromatic rings. The normalized spacial score (nSPS) is 14.6. The lowest BCUT2D eigenvalue weighted by molar-refractivity contribution is -0.114. The molecule has 1 atom stereocenters. The number of nitrogens with one attached hydrogen (secondary N) is 2. The third-order valence-corrected chi connectivity index (χ3v) is 6.14. The molecule has 0 aromatic heterocycles. The van der Waals surface area contributed by atoms with E-state index in [9.17, 15) is 14.7 Å². The number of carbonyl (C=O) groups is 2. The van der Waals surface area contributed by atoms with Gasteiger partial charge in [-0.3, -0.25) is 9.59 Å². The molecule has 0 spiro atoms. The number of amides is 2. The molecule has 0 saturated carbocycles. The quantitative estimate of drug-likeness (QED) is 0.434. The summed E-state index contributed by atoms with van der Waals surface area (Å²) in [5, 5.41) is 15.9. The Morgan fingerprint density at radius 1 is 1.11 bits per heavy atom. The van der Waals surface area contributed by atoms with Crippen LogP contribution in [0.5, 0.6) is 11.5 Å². The number of methoxy groups -OCH3 is 1. The summed E-state index contributed by atoms with van der Waals surface area (Å²) in [5.74, 6) is 1.14. The van der Waals surface area contributed by atoms with Crippen LogP contribution in [0.15, 0.2) is 54.6 Å². The van der Waals surface area contributed by atoms with Crippen molar-refractivity contribution in [3.63, 3.8) is 0 Å². The van der Waals surface area contributed by atoms with E-state index in [1.165, 1.54) is 6.92 Å². The Bertz CT molecular complexity index is 1270. The molecule has 0 bridgehead atoms. The SMILES string of the molecule is COc1ccc(C2Nc3ccccc3C(=O)N2CCO)cc1COc1c(C)cc(NC(C)=O)cc1C. The minimum atomic E-state index is -0.454. The maximum atomic E-state index is 13.2. The lowest BCUT2D eigenvalue weighted by Gasteiger charge is -2.38. The number of rotatable bonds is 8. The predicted molar refractivity (Wildman–Crippen MR) is 138 cm³/mol. The van der Waals surface area contributed by atoms with Gasteiger partial charge in [-0.05, 0) is 66.9 Å². The number of benzene rings is 3. The number of ether oxygens (including phenoxy) is 2. The zero-order valence-corrected chi connectivity index (χ0v) is 20.9. The smallest absolute Gasteiger partial charge is 0.257 e. The highest BCUT2D eigenvalue weighted by Gasteiger charge is 2.32. The monoisotopic (exact) mass is 489 g/mol. The summed E-state index contributed by atoms with van der Waals surface area (Å²) in [6.45, 7) is 5.64. The van der Waals surface area contributed by atoms with E-state index in [1.54, 1.807) is 18.1 Å². The van der Waals surface area contributed by atoms with Crippen molar-refractivity contribution in [2.75, 3.05) is 30.9 Å². The Morgan fingerprint density at radius 3 is 2.50 bits per heavy atom. The van der Waals surface area contributed by atoms with Crippen molar-refractivity contribution < 1.29 is 24.2 Å². The molecule has 0 saturated heterocycles.